The SMILES string of the molecule is CC1(C)O[C@H]2[C@@H]([C@@H]3COC(C)(C)O3)O[C@H](N3C(=O)[C@H]4C(c5ccc(Br)cc5)=NO[C@H]4C(=O)N3c3ccccc3)[C@H]2O1. The Labute approximate surface area is 245 Å². The second kappa shape index (κ2) is 9.58. The highest BCUT2D eigenvalue weighted by molar-refractivity contribution is 9.10. The number of carbonyl (C=O) groups is 2. The van der Waals surface area contributed by atoms with Crippen molar-refractivity contribution in [2.24, 2.45) is 11.1 Å². The van der Waals surface area contributed by atoms with E-state index in [9.17, 15) is 9.59 Å². The fourth-order valence-electron chi connectivity index (χ4n) is 6.17. The van der Waals surface area contributed by atoms with E-state index in [0.717, 1.165) is 4.47 Å². The summed E-state index contributed by atoms with van der Waals surface area (Å²) in [6.45, 7) is 7.57. The summed E-state index contributed by atoms with van der Waals surface area (Å²) in [7, 11) is 0. The third kappa shape index (κ3) is 4.48. The van der Waals surface area contributed by atoms with Gasteiger partial charge >= 0.3 is 0 Å². The van der Waals surface area contributed by atoms with Crippen LogP contribution in [0.1, 0.15) is 33.3 Å². The summed E-state index contributed by atoms with van der Waals surface area (Å²) in [5.74, 6) is -3.58. The van der Waals surface area contributed by atoms with Crippen molar-refractivity contribution >= 4 is 39.1 Å². The molecule has 0 unspecified atom stereocenters. The van der Waals surface area contributed by atoms with Crippen molar-refractivity contribution in [3.05, 3.63) is 64.6 Å². The number of oxime groups is 1. The lowest BCUT2D eigenvalue weighted by molar-refractivity contribution is -0.226. The van der Waals surface area contributed by atoms with Crippen LogP contribution >= 0.6 is 15.9 Å². The molecule has 2 aromatic carbocycles. The minimum Gasteiger partial charge on any atom is -0.381 e. The molecule has 4 fully saturated rings. The Hall–Kier alpha value is -2.87. The van der Waals surface area contributed by atoms with Gasteiger partial charge < -0.3 is 28.5 Å². The molecule has 5 heterocycles. The van der Waals surface area contributed by atoms with E-state index in [2.05, 4.69) is 21.1 Å². The Morgan fingerprint density at radius 1 is 0.854 bits per heavy atom. The summed E-state index contributed by atoms with van der Waals surface area (Å²) in [6, 6.07) is 16.3. The number of halogens is 1. The van der Waals surface area contributed by atoms with Gasteiger partial charge in [0.25, 0.3) is 11.8 Å². The van der Waals surface area contributed by atoms with E-state index in [1.165, 1.54) is 10.0 Å². The van der Waals surface area contributed by atoms with Gasteiger partial charge in [0.1, 0.15) is 36.0 Å². The Kier molecular flexibility index (Phi) is 6.31. The third-order valence-electron chi connectivity index (χ3n) is 7.87. The Bertz CT molecular complexity index is 1400. The molecule has 0 radical (unpaired) electrons. The summed E-state index contributed by atoms with van der Waals surface area (Å²) >= 11 is 3.44. The van der Waals surface area contributed by atoms with Crippen molar-refractivity contribution in [1.29, 1.82) is 0 Å². The molecule has 0 aromatic heterocycles. The molecule has 4 saturated heterocycles. The standard InChI is InChI=1S/C29H30BrN3O8/c1-28(2)36-14-18(38-28)21-23-24(40-29(3,4)39-23)27(37-21)33-25(34)19-20(15-10-12-16(30)13-11-15)31-41-22(19)26(35)32(33)17-8-6-5-7-9-17/h5-13,18-19,21-24,27H,14H2,1-4H3/t18-,19-,21+,22+,23-,24-,27-/m0/s1. The number of hydrazine groups is 1. The van der Waals surface area contributed by atoms with Crippen LogP contribution in [0.4, 0.5) is 5.69 Å². The third-order valence-corrected chi connectivity index (χ3v) is 8.39. The number of anilines is 1. The van der Waals surface area contributed by atoms with Gasteiger partial charge in [-0.05, 0) is 52.0 Å². The summed E-state index contributed by atoms with van der Waals surface area (Å²) in [6.07, 6.45) is -4.51. The minimum absolute atomic E-state index is 0.283. The molecule has 12 heteroatoms. The van der Waals surface area contributed by atoms with Gasteiger partial charge in [-0.1, -0.05) is 51.4 Å². The van der Waals surface area contributed by atoms with Gasteiger partial charge in [0.15, 0.2) is 17.8 Å². The number of benzene rings is 2. The number of carbonyl (C=O) groups excluding carboxylic acids is 2. The van der Waals surface area contributed by atoms with E-state index >= 15 is 0 Å². The summed E-state index contributed by atoms with van der Waals surface area (Å²) in [5, 5.41) is 6.90. The van der Waals surface area contributed by atoms with Crippen LogP contribution in [-0.2, 0) is 38.1 Å². The predicted molar refractivity (Wildman–Crippen MR) is 147 cm³/mol. The maximum absolute atomic E-state index is 14.6. The normalized spacial score (nSPS) is 35.3. The maximum Gasteiger partial charge on any atom is 0.291 e. The Morgan fingerprint density at radius 3 is 2.24 bits per heavy atom. The van der Waals surface area contributed by atoms with Crippen molar-refractivity contribution in [1.82, 2.24) is 5.01 Å². The lowest BCUT2D eigenvalue weighted by Gasteiger charge is -2.45. The van der Waals surface area contributed by atoms with Crippen molar-refractivity contribution in [3.8, 4) is 0 Å². The van der Waals surface area contributed by atoms with E-state index in [4.69, 9.17) is 28.5 Å². The first-order valence-corrected chi connectivity index (χ1v) is 14.4. The van der Waals surface area contributed by atoms with Crippen molar-refractivity contribution in [2.45, 2.75) is 76.0 Å². The van der Waals surface area contributed by atoms with Crippen LogP contribution in [0.3, 0.4) is 0 Å². The molecule has 2 amide bonds. The minimum atomic E-state index is -1.13. The van der Waals surface area contributed by atoms with E-state index in [1.807, 2.05) is 58.0 Å². The number of hydrogen-bond acceptors (Lipinski definition) is 9. The summed E-state index contributed by atoms with van der Waals surface area (Å²) in [5.41, 5.74) is 1.54. The fourth-order valence-corrected chi connectivity index (χ4v) is 6.43. The molecule has 0 aliphatic carbocycles. The number of ether oxygens (including phenoxy) is 5. The molecule has 7 atom stereocenters. The smallest absolute Gasteiger partial charge is 0.291 e. The van der Waals surface area contributed by atoms with E-state index in [1.54, 1.807) is 24.3 Å². The summed E-state index contributed by atoms with van der Waals surface area (Å²) < 4.78 is 32.1. The number of rotatable bonds is 4. The van der Waals surface area contributed by atoms with Crippen LogP contribution in [0.2, 0.25) is 0 Å². The van der Waals surface area contributed by atoms with Crippen molar-refractivity contribution in [3.63, 3.8) is 0 Å². The van der Waals surface area contributed by atoms with Crippen molar-refractivity contribution in [2.75, 3.05) is 11.6 Å². The highest BCUT2D eigenvalue weighted by Crippen LogP contribution is 2.46. The average molecular weight is 628 g/mol. The predicted octanol–water partition coefficient (Wildman–Crippen LogP) is 3.36. The average Bonchev–Trinajstić information content (AvgIpc) is 3.68. The molecule has 0 N–H and O–H groups in total. The molecular weight excluding hydrogens is 598 g/mol. The first kappa shape index (κ1) is 27.0. The second-order valence-electron chi connectivity index (χ2n) is 11.6. The fraction of sp³-hybridized carbons (Fsp3) is 0.483. The second-order valence-corrected chi connectivity index (χ2v) is 12.5. The molecule has 216 valence electrons. The number of nitrogens with zero attached hydrogens (tertiary/aromatic N) is 3. The van der Waals surface area contributed by atoms with Gasteiger partial charge in [-0.15, -0.1) is 0 Å². The van der Waals surface area contributed by atoms with Gasteiger partial charge in [0, 0.05) is 10.0 Å². The van der Waals surface area contributed by atoms with Gasteiger partial charge in [-0.25, -0.2) is 10.0 Å². The van der Waals surface area contributed by atoms with Crippen LogP contribution in [0.25, 0.3) is 0 Å². The molecule has 2 aromatic rings. The van der Waals surface area contributed by atoms with Crippen molar-refractivity contribution < 1.29 is 38.1 Å². The molecule has 11 nitrogen and oxygen atoms in total. The lowest BCUT2D eigenvalue weighted by Crippen LogP contribution is -2.68. The zero-order valence-electron chi connectivity index (χ0n) is 22.9. The van der Waals surface area contributed by atoms with Gasteiger partial charge in [-0.2, -0.15) is 0 Å². The van der Waals surface area contributed by atoms with Crippen LogP contribution in [0, 0.1) is 5.92 Å². The number of hydrogen-bond donors (Lipinski definition) is 0. The quantitative estimate of drug-likeness (QED) is 0.508. The molecule has 5 aliphatic heterocycles. The molecule has 0 spiro atoms. The monoisotopic (exact) mass is 627 g/mol. The first-order valence-electron chi connectivity index (χ1n) is 13.6. The molecular formula is C29H30BrN3O8. The Morgan fingerprint density at radius 2 is 1.56 bits per heavy atom. The zero-order valence-corrected chi connectivity index (χ0v) is 24.5. The van der Waals surface area contributed by atoms with Crippen LogP contribution in [0.5, 0.6) is 0 Å². The maximum atomic E-state index is 14.6. The molecule has 0 saturated carbocycles. The topological polar surface area (TPSA) is 108 Å². The number of para-hydroxylation sites is 1. The van der Waals surface area contributed by atoms with Gasteiger partial charge in [0.05, 0.1) is 12.3 Å². The van der Waals surface area contributed by atoms with Crippen LogP contribution in [-0.4, -0.2) is 77.5 Å². The largest absolute Gasteiger partial charge is 0.381 e. The highest BCUT2D eigenvalue weighted by atomic mass is 79.9. The highest BCUT2D eigenvalue weighted by Gasteiger charge is 2.65. The van der Waals surface area contributed by atoms with Crippen LogP contribution < -0.4 is 5.01 Å². The van der Waals surface area contributed by atoms with Gasteiger partial charge in [-0.3, -0.25) is 9.59 Å². The van der Waals surface area contributed by atoms with Crippen LogP contribution in [0.15, 0.2) is 64.2 Å². The van der Waals surface area contributed by atoms with E-state index in [0.29, 0.717) is 17.0 Å². The van der Waals surface area contributed by atoms with E-state index in [-0.39, 0.29) is 6.61 Å². The molecule has 0 bridgehead atoms. The first-order chi connectivity index (χ1) is 19.5. The number of amides is 2. The molecule has 5 aliphatic rings. The number of fused-ring (bicyclic) bond motifs is 2. The zero-order chi connectivity index (χ0) is 28.7. The molecule has 7 rings (SSSR count). The lowest BCUT2D eigenvalue weighted by atomic mass is 9.88. The summed E-state index contributed by atoms with van der Waals surface area (Å²) in [4.78, 5) is 34.4. The molecule has 41 heavy (non-hydrogen) atoms. The van der Waals surface area contributed by atoms with E-state index < -0.39 is 66.1 Å². The van der Waals surface area contributed by atoms with Gasteiger partial charge in [0.2, 0.25) is 6.10 Å². The Balaban J connectivity index is 1.30.